The van der Waals surface area contributed by atoms with Crippen molar-refractivity contribution in [1.82, 2.24) is 20.4 Å². The van der Waals surface area contributed by atoms with Gasteiger partial charge in [-0.1, -0.05) is 47.7 Å². The average molecular weight is 464 g/mol. The standard InChI is InChI=1S/C25H29N5O2S/c1-18-28-29-25(33-18)24(32)27-22-9-5-8-21(17-22)23(31)26-12-15-30-13-10-20(11-14-30)16-19-6-3-2-4-7-19/h2-9,17,20H,10-16H2,1H3,(H,26,31)(H,27,32). The van der Waals surface area contributed by atoms with Gasteiger partial charge >= 0.3 is 0 Å². The Morgan fingerprint density at radius 3 is 2.55 bits per heavy atom. The molecule has 1 saturated heterocycles. The second-order valence-corrected chi connectivity index (χ2v) is 9.57. The van der Waals surface area contributed by atoms with Crippen LogP contribution >= 0.6 is 11.3 Å². The third-order valence-electron chi connectivity index (χ3n) is 5.89. The summed E-state index contributed by atoms with van der Waals surface area (Å²) in [5, 5.41) is 14.5. The third-order valence-corrected chi connectivity index (χ3v) is 6.73. The fourth-order valence-corrected chi connectivity index (χ4v) is 4.69. The molecule has 3 aromatic rings. The number of rotatable bonds is 8. The van der Waals surface area contributed by atoms with Crippen molar-refractivity contribution in [2.75, 3.05) is 31.5 Å². The van der Waals surface area contributed by atoms with Gasteiger partial charge in [-0.15, -0.1) is 10.2 Å². The molecule has 7 nitrogen and oxygen atoms in total. The van der Waals surface area contributed by atoms with Crippen LogP contribution in [0.5, 0.6) is 0 Å². The Balaban J connectivity index is 1.19. The van der Waals surface area contributed by atoms with Crippen molar-refractivity contribution in [2.45, 2.75) is 26.2 Å². The zero-order valence-corrected chi connectivity index (χ0v) is 19.6. The predicted molar refractivity (Wildman–Crippen MR) is 131 cm³/mol. The van der Waals surface area contributed by atoms with Crippen LogP contribution in [0.3, 0.4) is 0 Å². The van der Waals surface area contributed by atoms with Crippen LogP contribution in [-0.2, 0) is 6.42 Å². The predicted octanol–water partition coefficient (Wildman–Crippen LogP) is 3.78. The van der Waals surface area contributed by atoms with E-state index in [4.69, 9.17) is 0 Å². The van der Waals surface area contributed by atoms with Gasteiger partial charge in [0, 0.05) is 24.3 Å². The molecular weight excluding hydrogens is 434 g/mol. The minimum atomic E-state index is -0.325. The molecule has 0 atom stereocenters. The van der Waals surface area contributed by atoms with E-state index in [0.29, 0.717) is 22.8 Å². The van der Waals surface area contributed by atoms with Gasteiger partial charge in [0.2, 0.25) is 5.01 Å². The number of carbonyl (C=O) groups is 2. The summed E-state index contributed by atoms with van der Waals surface area (Å²) in [7, 11) is 0. The first kappa shape index (κ1) is 23.1. The number of nitrogens with one attached hydrogen (secondary N) is 2. The van der Waals surface area contributed by atoms with Gasteiger partial charge in [-0.2, -0.15) is 0 Å². The molecule has 0 unspecified atom stereocenters. The van der Waals surface area contributed by atoms with Gasteiger partial charge < -0.3 is 15.5 Å². The van der Waals surface area contributed by atoms with Crippen molar-refractivity contribution in [1.29, 1.82) is 0 Å². The van der Waals surface area contributed by atoms with E-state index in [1.165, 1.54) is 29.7 Å². The minimum Gasteiger partial charge on any atom is -0.351 e. The molecule has 1 fully saturated rings. The molecule has 0 saturated carbocycles. The number of hydrogen-bond acceptors (Lipinski definition) is 6. The van der Waals surface area contributed by atoms with Crippen LogP contribution in [0.2, 0.25) is 0 Å². The third kappa shape index (κ3) is 6.69. The Bertz CT molecular complexity index is 1080. The number of aromatic nitrogens is 2. The highest BCUT2D eigenvalue weighted by molar-refractivity contribution is 7.13. The van der Waals surface area contributed by atoms with E-state index in [-0.39, 0.29) is 11.8 Å². The maximum Gasteiger partial charge on any atom is 0.286 e. The van der Waals surface area contributed by atoms with E-state index in [9.17, 15) is 9.59 Å². The van der Waals surface area contributed by atoms with Gasteiger partial charge in [0.05, 0.1) is 0 Å². The smallest absolute Gasteiger partial charge is 0.286 e. The zero-order chi connectivity index (χ0) is 23.0. The molecule has 4 rings (SSSR count). The van der Waals surface area contributed by atoms with E-state index < -0.39 is 0 Å². The van der Waals surface area contributed by atoms with Crippen molar-refractivity contribution in [3.8, 4) is 0 Å². The molecule has 2 N–H and O–H groups in total. The first-order valence-corrected chi connectivity index (χ1v) is 12.1. The Kier molecular flexibility index (Phi) is 7.80. The van der Waals surface area contributed by atoms with Crippen LogP contribution < -0.4 is 10.6 Å². The number of amides is 2. The van der Waals surface area contributed by atoms with Crippen LogP contribution in [-0.4, -0.2) is 53.1 Å². The number of benzene rings is 2. The molecule has 172 valence electrons. The molecule has 2 amide bonds. The molecule has 0 aliphatic carbocycles. The summed E-state index contributed by atoms with van der Waals surface area (Å²) in [6, 6.07) is 17.6. The second kappa shape index (κ2) is 11.2. The molecular formula is C25H29N5O2S. The molecule has 0 spiro atoms. The summed E-state index contributed by atoms with van der Waals surface area (Å²) >= 11 is 1.23. The van der Waals surface area contributed by atoms with Crippen molar-refractivity contribution in [2.24, 2.45) is 5.92 Å². The monoisotopic (exact) mass is 463 g/mol. The van der Waals surface area contributed by atoms with E-state index >= 15 is 0 Å². The van der Waals surface area contributed by atoms with Crippen molar-refractivity contribution in [3.63, 3.8) is 0 Å². The van der Waals surface area contributed by atoms with Crippen LogP contribution in [0.1, 0.15) is 43.6 Å². The van der Waals surface area contributed by atoms with Crippen molar-refractivity contribution >= 4 is 28.8 Å². The number of carbonyl (C=O) groups excluding carboxylic acids is 2. The Labute approximate surface area is 198 Å². The Morgan fingerprint density at radius 1 is 1.03 bits per heavy atom. The fourth-order valence-electron chi connectivity index (χ4n) is 4.10. The van der Waals surface area contributed by atoms with E-state index in [0.717, 1.165) is 37.0 Å². The highest BCUT2D eigenvalue weighted by Crippen LogP contribution is 2.21. The van der Waals surface area contributed by atoms with Gasteiger partial charge in [-0.25, -0.2) is 0 Å². The number of aryl methyl sites for hydroxylation is 1. The summed E-state index contributed by atoms with van der Waals surface area (Å²) in [4.78, 5) is 27.3. The molecule has 1 aliphatic heterocycles. The molecule has 0 radical (unpaired) electrons. The van der Waals surface area contributed by atoms with Gasteiger partial charge in [0.25, 0.3) is 11.8 Å². The Morgan fingerprint density at radius 2 is 1.82 bits per heavy atom. The number of piperidine rings is 1. The molecule has 1 aromatic heterocycles. The van der Waals surface area contributed by atoms with Crippen LogP contribution in [0.15, 0.2) is 54.6 Å². The normalized spacial score (nSPS) is 14.7. The van der Waals surface area contributed by atoms with Gasteiger partial charge in [-0.05, 0) is 69.0 Å². The van der Waals surface area contributed by atoms with Gasteiger partial charge in [-0.3, -0.25) is 9.59 Å². The van der Waals surface area contributed by atoms with Crippen molar-refractivity contribution in [3.05, 3.63) is 75.7 Å². The fraction of sp³-hybridized carbons (Fsp3) is 0.360. The lowest BCUT2D eigenvalue weighted by Gasteiger charge is -2.32. The summed E-state index contributed by atoms with van der Waals surface area (Å²) < 4.78 is 0. The van der Waals surface area contributed by atoms with Gasteiger partial charge in [0.1, 0.15) is 5.01 Å². The van der Waals surface area contributed by atoms with Crippen LogP contribution in [0.4, 0.5) is 5.69 Å². The highest BCUT2D eigenvalue weighted by atomic mass is 32.1. The summed E-state index contributed by atoms with van der Waals surface area (Å²) in [5.74, 6) is 0.269. The maximum absolute atomic E-state index is 12.6. The molecule has 2 aromatic carbocycles. The number of hydrogen-bond donors (Lipinski definition) is 2. The largest absolute Gasteiger partial charge is 0.351 e. The first-order valence-electron chi connectivity index (χ1n) is 11.3. The van der Waals surface area contributed by atoms with E-state index in [2.05, 4.69) is 56.1 Å². The van der Waals surface area contributed by atoms with Crippen LogP contribution in [0.25, 0.3) is 0 Å². The topological polar surface area (TPSA) is 87.2 Å². The zero-order valence-electron chi connectivity index (χ0n) is 18.8. The molecule has 0 bridgehead atoms. The Hall–Kier alpha value is -3.10. The minimum absolute atomic E-state index is 0.142. The number of anilines is 1. The lowest BCUT2D eigenvalue weighted by molar-refractivity contribution is 0.0942. The molecule has 33 heavy (non-hydrogen) atoms. The quantitative estimate of drug-likeness (QED) is 0.531. The molecule has 8 heteroatoms. The lowest BCUT2D eigenvalue weighted by Crippen LogP contribution is -2.40. The summed E-state index contributed by atoms with van der Waals surface area (Å²) in [6.45, 7) is 5.38. The lowest BCUT2D eigenvalue weighted by atomic mass is 9.90. The molecule has 1 aliphatic rings. The van der Waals surface area contributed by atoms with E-state index in [1.54, 1.807) is 31.2 Å². The summed E-state index contributed by atoms with van der Waals surface area (Å²) in [6.07, 6.45) is 3.54. The number of likely N-dealkylation sites (tertiary alicyclic amines) is 1. The van der Waals surface area contributed by atoms with Crippen LogP contribution in [0, 0.1) is 12.8 Å². The van der Waals surface area contributed by atoms with Gasteiger partial charge in [0.15, 0.2) is 0 Å². The molecule has 2 heterocycles. The number of nitrogens with zero attached hydrogens (tertiary/aromatic N) is 3. The van der Waals surface area contributed by atoms with Crippen molar-refractivity contribution < 1.29 is 9.59 Å². The highest BCUT2D eigenvalue weighted by Gasteiger charge is 2.19. The average Bonchev–Trinajstić information content (AvgIpc) is 3.27. The SMILES string of the molecule is Cc1nnc(C(=O)Nc2cccc(C(=O)NCCN3CCC(Cc4ccccc4)CC3)c2)s1. The maximum atomic E-state index is 12.6. The van der Waals surface area contributed by atoms with E-state index in [1.807, 2.05) is 0 Å². The summed E-state index contributed by atoms with van der Waals surface area (Å²) in [5.41, 5.74) is 2.49. The first-order chi connectivity index (χ1) is 16.1. The second-order valence-electron chi connectivity index (χ2n) is 8.39.